The molecule has 3 heteroatoms. The Balaban J connectivity index is 1.18. The van der Waals surface area contributed by atoms with Crippen LogP contribution in [0.4, 0.5) is 34.1 Å². The van der Waals surface area contributed by atoms with Gasteiger partial charge in [0.15, 0.2) is 0 Å². The third-order valence-corrected chi connectivity index (χ3v) is 11.5. The maximum absolute atomic E-state index is 7.21. The highest BCUT2D eigenvalue weighted by molar-refractivity contribution is 5.97. The standard InChI is InChI=1S/C53H36N2O/c1-5-18-38(19-6-1)54(39-20-7-2-8-21-39)42-30-33-48-46(35-42)45-27-15-16-28-47(45)53(48)49-34-31-43(55(40-22-9-3-10-23-40)41-24-11-4-12-25-41)36-51(49)56-52-44-26-14-13-17-37(44)29-32-50(52)53/h1-36H. The van der Waals surface area contributed by atoms with Crippen LogP contribution in [0.25, 0.3) is 21.9 Å². The third kappa shape index (κ3) is 4.84. The Bertz CT molecular complexity index is 2810. The average Bonchev–Trinajstić information content (AvgIpc) is 3.55. The topological polar surface area (TPSA) is 15.7 Å². The summed E-state index contributed by atoms with van der Waals surface area (Å²) in [4.78, 5) is 4.65. The fraction of sp³-hybridized carbons (Fsp3) is 0.0189. The highest BCUT2D eigenvalue weighted by Gasteiger charge is 2.51. The van der Waals surface area contributed by atoms with Gasteiger partial charge in [-0.05, 0) is 94.4 Å². The van der Waals surface area contributed by atoms with Gasteiger partial charge in [-0.3, -0.25) is 0 Å². The molecule has 264 valence electrons. The van der Waals surface area contributed by atoms with E-state index in [2.05, 4.69) is 228 Å². The Kier molecular flexibility index (Phi) is 7.39. The minimum Gasteiger partial charge on any atom is -0.456 e. The van der Waals surface area contributed by atoms with E-state index in [0.29, 0.717) is 0 Å². The van der Waals surface area contributed by atoms with Gasteiger partial charge in [-0.15, -0.1) is 0 Å². The zero-order valence-corrected chi connectivity index (χ0v) is 30.6. The van der Waals surface area contributed by atoms with E-state index in [1.54, 1.807) is 0 Å². The number of benzene rings is 9. The van der Waals surface area contributed by atoms with E-state index < -0.39 is 5.41 Å². The van der Waals surface area contributed by atoms with Gasteiger partial charge < -0.3 is 14.5 Å². The number of para-hydroxylation sites is 4. The third-order valence-electron chi connectivity index (χ3n) is 11.5. The first-order chi connectivity index (χ1) is 27.8. The first-order valence-electron chi connectivity index (χ1n) is 19.2. The van der Waals surface area contributed by atoms with Crippen LogP contribution >= 0.6 is 0 Å². The Hall–Kier alpha value is -7.36. The van der Waals surface area contributed by atoms with Crippen LogP contribution in [-0.4, -0.2) is 0 Å². The molecule has 0 fully saturated rings. The molecule has 0 aromatic heterocycles. The number of nitrogens with zero attached hydrogens (tertiary/aromatic N) is 2. The molecule has 0 amide bonds. The van der Waals surface area contributed by atoms with Crippen molar-refractivity contribution >= 4 is 44.9 Å². The molecule has 2 aliphatic rings. The minimum atomic E-state index is -0.620. The molecule has 0 saturated heterocycles. The fourth-order valence-electron chi connectivity index (χ4n) is 9.14. The summed E-state index contributed by atoms with van der Waals surface area (Å²) < 4.78 is 7.21. The van der Waals surface area contributed by atoms with E-state index in [1.807, 2.05) is 0 Å². The van der Waals surface area contributed by atoms with Crippen LogP contribution in [-0.2, 0) is 5.41 Å². The molecule has 9 aromatic rings. The summed E-state index contributed by atoms with van der Waals surface area (Å²) in [5.74, 6) is 1.76. The summed E-state index contributed by atoms with van der Waals surface area (Å²) in [6.07, 6.45) is 0. The van der Waals surface area contributed by atoms with Gasteiger partial charge in [-0.2, -0.15) is 0 Å². The van der Waals surface area contributed by atoms with E-state index in [4.69, 9.17) is 4.74 Å². The van der Waals surface area contributed by atoms with Crippen LogP contribution in [0.2, 0.25) is 0 Å². The zero-order chi connectivity index (χ0) is 37.1. The molecule has 9 aromatic carbocycles. The summed E-state index contributed by atoms with van der Waals surface area (Å²) in [7, 11) is 0. The minimum absolute atomic E-state index is 0.620. The Labute approximate surface area is 326 Å². The molecule has 1 aliphatic carbocycles. The predicted molar refractivity (Wildman–Crippen MR) is 231 cm³/mol. The van der Waals surface area contributed by atoms with E-state index in [9.17, 15) is 0 Å². The number of hydrogen-bond donors (Lipinski definition) is 0. The van der Waals surface area contributed by atoms with Gasteiger partial charge in [0.2, 0.25) is 0 Å². The number of hydrogen-bond acceptors (Lipinski definition) is 3. The monoisotopic (exact) mass is 716 g/mol. The molecule has 1 atom stereocenters. The molecule has 1 aliphatic heterocycles. The van der Waals surface area contributed by atoms with Gasteiger partial charge in [0.25, 0.3) is 0 Å². The number of ether oxygens (including phenoxy) is 1. The largest absolute Gasteiger partial charge is 0.456 e. The second-order valence-electron chi connectivity index (χ2n) is 14.5. The summed E-state index contributed by atoms with van der Waals surface area (Å²) in [5.41, 5.74) is 13.2. The SMILES string of the molecule is c1ccc(N(c2ccccc2)c2ccc3c(c2)Oc2c(ccc4ccccc24)C32c3ccccc3-c3cc(N(c4ccccc4)c4ccccc4)ccc32)cc1. The van der Waals surface area contributed by atoms with Crippen LogP contribution in [0, 0.1) is 0 Å². The van der Waals surface area contributed by atoms with Crippen molar-refractivity contribution in [2.75, 3.05) is 9.80 Å². The van der Waals surface area contributed by atoms with Gasteiger partial charge in [-0.25, -0.2) is 0 Å². The maximum Gasteiger partial charge on any atom is 0.140 e. The van der Waals surface area contributed by atoms with Gasteiger partial charge in [0.1, 0.15) is 11.5 Å². The molecule has 3 nitrogen and oxygen atoms in total. The van der Waals surface area contributed by atoms with Crippen molar-refractivity contribution in [3.8, 4) is 22.6 Å². The van der Waals surface area contributed by atoms with Crippen molar-refractivity contribution in [3.05, 3.63) is 241 Å². The van der Waals surface area contributed by atoms with E-state index in [-0.39, 0.29) is 0 Å². The van der Waals surface area contributed by atoms with Crippen molar-refractivity contribution in [1.29, 1.82) is 0 Å². The average molecular weight is 717 g/mol. The summed E-state index contributed by atoms with van der Waals surface area (Å²) >= 11 is 0. The van der Waals surface area contributed by atoms with Crippen molar-refractivity contribution in [2.45, 2.75) is 5.41 Å². The van der Waals surface area contributed by atoms with Crippen molar-refractivity contribution < 1.29 is 4.74 Å². The lowest BCUT2D eigenvalue weighted by Crippen LogP contribution is -2.32. The highest BCUT2D eigenvalue weighted by atomic mass is 16.5. The molecule has 0 bridgehead atoms. The Morgan fingerprint density at radius 2 is 0.786 bits per heavy atom. The predicted octanol–water partition coefficient (Wildman–Crippen LogP) is 14.2. The maximum atomic E-state index is 7.21. The molecular weight excluding hydrogens is 681 g/mol. The second-order valence-corrected chi connectivity index (χ2v) is 14.5. The zero-order valence-electron chi connectivity index (χ0n) is 30.6. The van der Waals surface area contributed by atoms with Crippen molar-refractivity contribution in [2.24, 2.45) is 0 Å². The van der Waals surface area contributed by atoms with E-state index in [0.717, 1.165) is 67.5 Å². The summed E-state index contributed by atoms with van der Waals surface area (Å²) in [6.45, 7) is 0. The first kappa shape index (κ1) is 32.1. The molecule has 0 radical (unpaired) electrons. The summed E-state index contributed by atoms with van der Waals surface area (Å²) in [5, 5.41) is 2.25. The first-order valence-corrected chi connectivity index (χ1v) is 19.2. The van der Waals surface area contributed by atoms with Crippen molar-refractivity contribution in [1.82, 2.24) is 0 Å². The smallest absolute Gasteiger partial charge is 0.140 e. The van der Waals surface area contributed by atoms with E-state index in [1.165, 1.54) is 22.3 Å². The number of rotatable bonds is 6. The molecule has 1 heterocycles. The fourth-order valence-corrected chi connectivity index (χ4v) is 9.14. The Morgan fingerprint density at radius 1 is 0.321 bits per heavy atom. The molecular formula is C53H36N2O. The molecule has 1 spiro atoms. The molecule has 0 N–H and O–H groups in total. The van der Waals surface area contributed by atoms with Crippen LogP contribution in [0.1, 0.15) is 22.3 Å². The lowest BCUT2D eigenvalue weighted by Gasteiger charge is -2.40. The van der Waals surface area contributed by atoms with Crippen LogP contribution < -0.4 is 14.5 Å². The molecule has 56 heavy (non-hydrogen) atoms. The van der Waals surface area contributed by atoms with Crippen LogP contribution in [0.5, 0.6) is 11.5 Å². The van der Waals surface area contributed by atoms with Crippen LogP contribution in [0.15, 0.2) is 218 Å². The van der Waals surface area contributed by atoms with Gasteiger partial charge in [0, 0.05) is 56.7 Å². The molecule has 0 saturated carbocycles. The van der Waals surface area contributed by atoms with Gasteiger partial charge in [0.05, 0.1) is 5.41 Å². The van der Waals surface area contributed by atoms with Gasteiger partial charge in [-0.1, -0.05) is 146 Å². The second kappa shape index (κ2) is 12.9. The highest BCUT2D eigenvalue weighted by Crippen LogP contribution is 2.64. The lowest BCUT2D eigenvalue weighted by molar-refractivity contribution is 0.442. The van der Waals surface area contributed by atoms with Crippen LogP contribution in [0.3, 0.4) is 0 Å². The lowest BCUT2D eigenvalue weighted by atomic mass is 9.65. The van der Waals surface area contributed by atoms with E-state index >= 15 is 0 Å². The normalized spacial score (nSPS) is 14.6. The van der Waals surface area contributed by atoms with Crippen molar-refractivity contribution in [3.63, 3.8) is 0 Å². The van der Waals surface area contributed by atoms with Gasteiger partial charge >= 0.3 is 0 Å². The Morgan fingerprint density at radius 3 is 1.39 bits per heavy atom. The molecule has 1 unspecified atom stereocenters. The number of fused-ring (bicyclic) bond motifs is 11. The number of anilines is 6. The summed E-state index contributed by atoms with van der Waals surface area (Å²) in [6, 6.07) is 78.4. The quantitative estimate of drug-likeness (QED) is 0.170. The molecule has 11 rings (SSSR count).